The lowest BCUT2D eigenvalue weighted by molar-refractivity contribution is -0.151. The van der Waals surface area contributed by atoms with Crippen LogP contribution in [0.3, 0.4) is 0 Å². The molecule has 4 atom stereocenters. The van der Waals surface area contributed by atoms with Crippen LogP contribution in [-0.2, 0) is 14.4 Å². The Balaban J connectivity index is 1.65. The standard InChI is InChI=1S/C23H32N2O4/c1-15(26)28-21-11-10-20-19-9-8-16-6-4-5-7-17(16)18(19)12-13-23(20,21)14-24-29-22(27)25(2)3/h6,14,19-21H,4-5,7-13H2,1-3H3/t19-,20+,21+,23-/m1/s1. The summed E-state index contributed by atoms with van der Waals surface area (Å²) >= 11 is 0. The van der Waals surface area contributed by atoms with Gasteiger partial charge < -0.3 is 9.64 Å². The highest BCUT2D eigenvalue weighted by molar-refractivity contribution is 5.73. The summed E-state index contributed by atoms with van der Waals surface area (Å²) in [5.41, 5.74) is 4.50. The summed E-state index contributed by atoms with van der Waals surface area (Å²) in [5, 5.41) is 4.09. The summed E-state index contributed by atoms with van der Waals surface area (Å²) in [6.07, 6.45) is 13.3. The van der Waals surface area contributed by atoms with Crippen LogP contribution in [0.2, 0.25) is 0 Å². The van der Waals surface area contributed by atoms with Crippen molar-refractivity contribution in [3.8, 4) is 0 Å². The molecule has 0 bridgehead atoms. The first-order valence-corrected chi connectivity index (χ1v) is 10.9. The number of esters is 1. The summed E-state index contributed by atoms with van der Waals surface area (Å²) < 4.78 is 5.77. The fourth-order valence-electron chi connectivity index (χ4n) is 6.19. The van der Waals surface area contributed by atoms with Gasteiger partial charge >= 0.3 is 12.1 Å². The van der Waals surface area contributed by atoms with E-state index in [2.05, 4.69) is 11.2 Å². The zero-order valence-electron chi connectivity index (χ0n) is 17.8. The molecule has 6 heteroatoms. The maximum Gasteiger partial charge on any atom is 0.435 e. The van der Waals surface area contributed by atoms with Gasteiger partial charge in [-0.3, -0.25) is 9.63 Å². The minimum atomic E-state index is -0.496. The number of hydrogen-bond acceptors (Lipinski definition) is 5. The number of nitrogens with zero attached hydrogens (tertiary/aromatic N) is 2. The number of carbonyl (C=O) groups is 2. The predicted molar refractivity (Wildman–Crippen MR) is 110 cm³/mol. The molecule has 2 fully saturated rings. The number of amides is 1. The van der Waals surface area contributed by atoms with Crippen LogP contribution in [0.4, 0.5) is 4.79 Å². The molecule has 0 aromatic rings. The minimum Gasteiger partial charge on any atom is -0.462 e. The maximum atomic E-state index is 11.8. The van der Waals surface area contributed by atoms with Crippen LogP contribution in [-0.4, -0.2) is 43.4 Å². The second-order valence-electron chi connectivity index (χ2n) is 9.15. The Hall–Kier alpha value is -2.11. The average Bonchev–Trinajstić information content (AvgIpc) is 3.05. The van der Waals surface area contributed by atoms with Crippen molar-refractivity contribution in [1.29, 1.82) is 0 Å². The molecule has 0 aromatic carbocycles. The number of ether oxygens (including phenoxy) is 1. The summed E-state index contributed by atoms with van der Waals surface area (Å²) in [6.45, 7) is 1.47. The van der Waals surface area contributed by atoms with Gasteiger partial charge in [0.05, 0.1) is 6.21 Å². The fourth-order valence-corrected chi connectivity index (χ4v) is 6.19. The molecule has 4 aliphatic carbocycles. The molecule has 0 saturated heterocycles. The topological polar surface area (TPSA) is 68.2 Å². The summed E-state index contributed by atoms with van der Waals surface area (Å²) in [6, 6.07) is 0. The van der Waals surface area contributed by atoms with E-state index >= 15 is 0 Å². The van der Waals surface area contributed by atoms with Gasteiger partial charge in [-0.1, -0.05) is 16.8 Å². The van der Waals surface area contributed by atoms with Gasteiger partial charge in [0.15, 0.2) is 0 Å². The van der Waals surface area contributed by atoms with E-state index < -0.39 is 6.09 Å². The van der Waals surface area contributed by atoms with Crippen LogP contribution in [0, 0.1) is 17.3 Å². The van der Waals surface area contributed by atoms with Crippen LogP contribution in [0.15, 0.2) is 28.0 Å². The number of oxime groups is 1. The van der Waals surface area contributed by atoms with Crippen molar-refractivity contribution in [3.63, 3.8) is 0 Å². The number of hydrogen-bond donors (Lipinski definition) is 0. The second kappa shape index (κ2) is 7.96. The minimum absolute atomic E-state index is 0.193. The van der Waals surface area contributed by atoms with Crippen molar-refractivity contribution in [2.45, 2.75) is 70.8 Å². The molecule has 0 heterocycles. The molecule has 0 N–H and O–H groups in total. The third-order valence-corrected chi connectivity index (χ3v) is 7.41. The van der Waals surface area contributed by atoms with E-state index in [1.165, 1.54) is 31.1 Å². The van der Waals surface area contributed by atoms with Crippen LogP contribution in [0.1, 0.15) is 64.7 Å². The molecule has 0 radical (unpaired) electrons. The summed E-state index contributed by atoms with van der Waals surface area (Å²) in [4.78, 5) is 30.0. The van der Waals surface area contributed by atoms with E-state index in [1.807, 2.05) is 0 Å². The highest BCUT2D eigenvalue weighted by atomic mass is 16.7. The lowest BCUT2D eigenvalue weighted by Crippen LogP contribution is -2.46. The lowest BCUT2D eigenvalue weighted by atomic mass is 9.57. The number of rotatable bonds is 3. The van der Waals surface area contributed by atoms with E-state index in [1.54, 1.807) is 37.0 Å². The van der Waals surface area contributed by atoms with Gasteiger partial charge in [-0.15, -0.1) is 0 Å². The molecule has 158 valence electrons. The average molecular weight is 401 g/mol. The van der Waals surface area contributed by atoms with Crippen molar-refractivity contribution in [2.75, 3.05) is 14.1 Å². The van der Waals surface area contributed by atoms with Crippen molar-refractivity contribution >= 4 is 18.3 Å². The molecular weight excluding hydrogens is 368 g/mol. The molecule has 6 nitrogen and oxygen atoms in total. The molecule has 4 aliphatic rings. The van der Waals surface area contributed by atoms with Crippen LogP contribution < -0.4 is 0 Å². The van der Waals surface area contributed by atoms with Gasteiger partial charge in [-0.2, -0.15) is 0 Å². The Morgan fingerprint density at radius 2 is 2.03 bits per heavy atom. The number of carbonyl (C=O) groups excluding carboxylic acids is 2. The molecule has 2 saturated carbocycles. The van der Waals surface area contributed by atoms with E-state index in [0.29, 0.717) is 11.8 Å². The van der Waals surface area contributed by atoms with E-state index in [-0.39, 0.29) is 17.5 Å². The lowest BCUT2D eigenvalue weighted by Gasteiger charge is -2.48. The first-order chi connectivity index (χ1) is 13.9. The first kappa shape index (κ1) is 20.2. The van der Waals surface area contributed by atoms with E-state index in [0.717, 1.165) is 38.5 Å². The Labute approximate surface area is 173 Å². The normalized spacial score (nSPS) is 33.5. The van der Waals surface area contributed by atoms with Gasteiger partial charge in [0.1, 0.15) is 6.10 Å². The quantitative estimate of drug-likeness (QED) is 0.300. The molecular formula is C23H32N2O4. The van der Waals surface area contributed by atoms with Crippen LogP contribution in [0.5, 0.6) is 0 Å². The Kier molecular flexibility index (Phi) is 5.54. The number of fused-ring (bicyclic) bond motifs is 4. The van der Waals surface area contributed by atoms with E-state index in [4.69, 9.17) is 9.57 Å². The highest BCUT2D eigenvalue weighted by Crippen LogP contribution is 2.60. The number of allylic oxidation sites excluding steroid dienone is 4. The Morgan fingerprint density at radius 1 is 1.21 bits per heavy atom. The van der Waals surface area contributed by atoms with Crippen molar-refractivity contribution in [1.82, 2.24) is 4.90 Å². The molecule has 1 amide bonds. The van der Waals surface area contributed by atoms with Gasteiger partial charge in [-0.25, -0.2) is 4.79 Å². The maximum absolute atomic E-state index is 11.8. The van der Waals surface area contributed by atoms with Crippen molar-refractivity contribution in [2.24, 2.45) is 22.4 Å². The zero-order valence-corrected chi connectivity index (χ0v) is 17.8. The largest absolute Gasteiger partial charge is 0.462 e. The molecule has 29 heavy (non-hydrogen) atoms. The summed E-state index contributed by atoms with van der Waals surface area (Å²) in [5.74, 6) is 0.651. The van der Waals surface area contributed by atoms with Crippen LogP contribution in [0.25, 0.3) is 0 Å². The third-order valence-electron chi connectivity index (χ3n) is 7.41. The SMILES string of the molecule is CC(=O)O[C@H]1CC[C@H]2[C@@H]3CCC4=CCCCC4=C3CC[C@]12C=NOC(=O)N(C)C. The highest BCUT2D eigenvalue weighted by Gasteiger charge is 2.57. The Morgan fingerprint density at radius 3 is 2.79 bits per heavy atom. The molecule has 0 aliphatic heterocycles. The summed E-state index contributed by atoms with van der Waals surface area (Å²) in [7, 11) is 3.26. The van der Waals surface area contributed by atoms with Crippen molar-refractivity contribution < 1.29 is 19.2 Å². The Bertz CT molecular complexity index is 782. The third kappa shape index (κ3) is 3.62. The molecule has 0 unspecified atom stereocenters. The van der Waals surface area contributed by atoms with E-state index in [9.17, 15) is 9.59 Å². The monoisotopic (exact) mass is 400 g/mol. The first-order valence-electron chi connectivity index (χ1n) is 10.9. The smallest absolute Gasteiger partial charge is 0.435 e. The molecule has 4 rings (SSSR count). The fraction of sp³-hybridized carbons (Fsp3) is 0.696. The second-order valence-corrected chi connectivity index (χ2v) is 9.15. The van der Waals surface area contributed by atoms with Gasteiger partial charge in [0.25, 0.3) is 0 Å². The van der Waals surface area contributed by atoms with Crippen molar-refractivity contribution in [3.05, 3.63) is 22.8 Å². The van der Waals surface area contributed by atoms with Crippen LogP contribution >= 0.6 is 0 Å². The van der Waals surface area contributed by atoms with Gasteiger partial charge in [-0.05, 0) is 80.8 Å². The van der Waals surface area contributed by atoms with Gasteiger partial charge in [0.2, 0.25) is 0 Å². The predicted octanol–water partition coefficient (Wildman–Crippen LogP) is 4.61. The van der Waals surface area contributed by atoms with Gasteiger partial charge in [0, 0.05) is 26.4 Å². The molecule has 0 aromatic heterocycles. The molecule has 0 spiro atoms. The zero-order chi connectivity index (χ0) is 20.6.